The van der Waals surface area contributed by atoms with Gasteiger partial charge in [-0.15, -0.1) is 0 Å². The van der Waals surface area contributed by atoms with Crippen molar-refractivity contribution >= 4 is 17.5 Å². The van der Waals surface area contributed by atoms with Crippen molar-refractivity contribution in [3.63, 3.8) is 0 Å². The first-order chi connectivity index (χ1) is 17.0. The number of hydrogen-bond acceptors (Lipinski definition) is 4. The van der Waals surface area contributed by atoms with E-state index in [0.717, 1.165) is 49.7 Å². The molecule has 7 nitrogen and oxygen atoms in total. The van der Waals surface area contributed by atoms with Crippen molar-refractivity contribution in [1.29, 1.82) is 0 Å². The van der Waals surface area contributed by atoms with Gasteiger partial charge in [-0.3, -0.25) is 19.4 Å². The lowest BCUT2D eigenvalue weighted by Crippen LogP contribution is -2.50. The van der Waals surface area contributed by atoms with Crippen LogP contribution in [-0.2, 0) is 22.7 Å². The fourth-order valence-corrected chi connectivity index (χ4v) is 4.25. The molecule has 1 unspecified atom stereocenters. The van der Waals surface area contributed by atoms with Crippen molar-refractivity contribution in [2.75, 3.05) is 6.54 Å². The Balaban J connectivity index is 2.46. The molecule has 188 valence electrons. The third kappa shape index (κ3) is 9.19. The number of nitrogens with zero attached hydrogens (tertiary/aromatic N) is 5. The van der Waals surface area contributed by atoms with E-state index in [9.17, 15) is 9.59 Å². The number of benzene rings is 2. The summed E-state index contributed by atoms with van der Waals surface area (Å²) in [6.45, 7) is 7.12. The maximum Gasteiger partial charge on any atom is 0.246 e. The highest BCUT2D eigenvalue weighted by Crippen LogP contribution is 2.25. The van der Waals surface area contributed by atoms with Crippen LogP contribution in [0.1, 0.15) is 76.8 Å². The van der Waals surface area contributed by atoms with Gasteiger partial charge in [-0.1, -0.05) is 106 Å². The van der Waals surface area contributed by atoms with Gasteiger partial charge in [-0.05, 0) is 29.5 Å². The lowest BCUT2D eigenvalue weighted by Gasteiger charge is -2.34. The molecule has 0 heterocycles. The predicted octanol–water partition coefficient (Wildman–Crippen LogP) is 7.14. The molecule has 2 aromatic rings. The second-order valence-electron chi connectivity index (χ2n) is 8.94. The van der Waals surface area contributed by atoms with E-state index in [2.05, 4.69) is 28.8 Å². The molecule has 0 aliphatic heterocycles. The summed E-state index contributed by atoms with van der Waals surface area (Å²) in [5.41, 5.74) is 11.5. The molecule has 0 aromatic heterocycles. The summed E-state index contributed by atoms with van der Waals surface area (Å²) >= 11 is 0. The molecule has 2 rings (SSSR count). The summed E-state index contributed by atoms with van der Waals surface area (Å²) in [6, 6.07) is 17.1. The van der Waals surface area contributed by atoms with Crippen LogP contribution in [0.25, 0.3) is 10.4 Å². The summed E-state index contributed by atoms with van der Waals surface area (Å²) < 4.78 is 0. The van der Waals surface area contributed by atoms with Crippen LogP contribution in [0.3, 0.4) is 0 Å². The van der Waals surface area contributed by atoms with Gasteiger partial charge in [0.25, 0.3) is 0 Å². The Morgan fingerprint density at radius 3 is 2.26 bits per heavy atom. The van der Waals surface area contributed by atoms with Crippen LogP contribution in [-0.4, -0.2) is 34.2 Å². The number of hydrogen-bond donors (Lipinski definition) is 0. The van der Waals surface area contributed by atoms with Crippen LogP contribution in [0.4, 0.5) is 5.69 Å². The van der Waals surface area contributed by atoms with E-state index in [1.165, 1.54) is 11.8 Å². The van der Waals surface area contributed by atoms with Gasteiger partial charge < -0.3 is 0 Å². The summed E-state index contributed by atoms with van der Waals surface area (Å²) in [7, 11) is 0. The quantitative estimate of drug-likeness (QED) is 0.118. The Bertz CT molecular complexity index is 972. The summed E-state index contributed by atoms with van der Waals surface area (Å²) in [5.74, 6) is -0.351. The molecular weight excluding hydrogens is 438 g/mol. The molecule has 0 spiro atoms. The standard InChI is InChI=1S/C28H39N5O2/c1-4-6-8-12-19-27(28(35)33(23(3)34)20-7-5-2)32(21-24-15-10-9-11-16-24)22-25-17-13-14-18-26(25)30-31-29/h9-11,13-18,27H,4-8,12,19-22H2,1-3H3. The van der Waals surface area contributed by atoms with Crippen LogP contribution >= 0.6 is 0 Å². The molecular formula is C28H39N5O2. The third-order valence-electron chi connectivity index (χ3n) is 6.18. The van der Waals surface area contributed by atoms with Gasteiger partial charge in [0, 0.05) is 37.2 Å². The SMILES string of the molecule is CCCCCCC(C(=O)N(CCCC)C(C)=O)N(Cc1ccccc1)Cc1ccccc1N=[N+]=[N-]. The van der Waals surface area contributed by atoms with Gasteiger partial charge >= 0.3 is 0 Å². The van der Waals surface area contributed by atoms with Gasteiger partial charge in [0.15, 0.2) is 0 Å². The average Bonchev–Trinajstić information content (AvgIpc) is 2.85. The monoisotopic (exact) mass is 477 g/mol. The molecule has 0 fully saturated rings. The van der Waals surface area contributed by atoms with Gasteiger partial charge in [0.2, 0.25) is 11.8 Å². The van der Waals surface area contributed by atoms with Crippen LogP contribution < -0.4 is 0 Å². The molecule has 0 radical (unpaired) electrons. The topological polar surface area (TPSA) is 89.4 Å². The number of imide groups is 1. The number of amides is 2. The Hall–Kier alpha value is -3.15. The first-order valence-electron chi connectivity index (χ1n) is 12.7. The molecule has 0 saturated carbocycles. The van der Waals surface area contributed by atoms with E-state index in [4.69, 9.17) is 5.53 Å². The molecule has 0 N–H and O–H groups in total. The van der Waals surface area contributed by atoms with E-state index in [1.807, 2.05) is 48.5 Å². The molecule has 7 heteroatoms. The van der Waals surface area contributed by atoms with Crippen LogP contribution in [0.2, 0.25) is 0 Å². The number of carbonyl (C=O) groups is 2. The second-order valence-corrected chi connectivity index (χ2v) is 8.94. The van der Waals surface area contributed by atoms with Crippen molar-refractivity contribution in [2.45, 2.75) is 84.8 Å². The highest BCUT2D eigenvalue weighted by molar-refractivity contribution is 5.96. The number of carbonyl (C=O) groups excluding carboxylic acids is 2. The summed E-state index contributed by atoms with van der Waals surface area (Å²) in [4.78, 5) is 32.9. The molecule has 0 aliphatic carbocycles. The fourth-order valence-electron chi connectivity index (χ4n) is 4.25. The van der Waals surface area contributed by atoms with Crippen molar-refractivity contribution < 1.29 is 9.59 Å². The zero-order chi connectivity index (χ0) is 25.5. The van der Waals surface area contributed by atoms with Crippen LogP contribution in [0.15, 0.2) is 59.7 Å². The van der Waals surface area contributed by atoms with E-state index in [1.54, 1.807) is 6.07 Å². The highest BCUT2D eigenvalue weighted by atomic mass is 16.2. The lowest BCUT2D eigenvalue weighted by atomic mass is 10.0. The summed E-state index contributed by atoms with van der Waals surface area (Å²) in [6.07, 6.45) is 6.55. The Kier molecular flexibility index (Phi) is 12.6. The lowest BCUT2D eigenvalue weighted by molar-refractivity contribution is -0.148. The van der Waals surface area contributed by atoms with Gasteiger partial charge in [-0.25, -0.2) is 0 Å². The van der Waals surface area contributed by atoms with E-state index in [-0.39, 0.29) is 11.8 Å². The second kappa shape index (κ2) is 15.7. The van der Waals surface area contributed by atoms with Crippen molar-refractivity contribution in [3.05, 3.63) is 76.2 Å². The first kappa shape index (κ1) is 28.1. The Labute approximate surface area is 209 Å². The van der Waals surface area contributed by atoms with Gasteiger partial charge in [-0.2, -0.15) is 0 Å². The van der Waals surface area contributed by atoms with Crippen LogP contribution in [0.5, 0.6) is 0 Å². The first-order valence-corrected chi connectivity index (χ1v) is 12.7. The number of azide groups is 1. The minimum atomic E-state index is -0.452. The number of rotatable bonds is 15. The summed E-state index contributed by atoms with van der Waals surface area (Å²) in [5, 5.41) is 3.87. The third-order valence-corrected chi connectivity index (χ3v) is 6.18. The van der Waals surface area contributed by atoms with E-state index < -0.39 is 6.04 Å². The molecule has 35 heavy (non-hydrogen) atoms. The maximum absolute atomic E-state index is 13.9. The van der Waals surface area contributed by atoms with E-state index in [0.29, 0.717) is 31.7 Å². The van der Waals surface area contributed by atoms with Gasteiger partial charge in [0.05, 0.1) is 6.04 Å². The van der Waals surface area contributed by atoms with Crippen LogP contribution in [0, 0.1) is 0 Å². The van der Waals surface area contributed by atoms with E-state index >= 15 is 0 Å². The number of unbranched alkanes of at least 4 members (excludes halogenated alkanes) is 4. The van der Waals surface area contributed by atoms with Crippen molar-refractivity contribution in [3.8, 4) is 0 Å². The van der Waals surface area contributed by atoms with Crippen molar-refractivity contribution in [1.82, 2.24) is 9.80 Å². The predicted molar refractivity (Wildman–Crippen MR) is 141 cm³/mol. The Morgan fingerprint density at radius 2 is 1.60 bits per heavy atom. The minimum Gasteiger partial charge on any atom is -0.283 e. The normalized spacial score (nSPS) is 11.7. The maximum atomic E-state index is 13.9. The molecule has 0 saturated heterocycles. The average molecular weight is 478 g/mol. The zero-order valence-corrected chi connectivity index (χ0v) is 21.4. The molecule has 1 atom stereocenters. The zero-order valence-electron chi connectivity index (χ0n) is 21.4. The molecule has 2 aromatic carbocycles. The molecule has 0 aliphatic rings. The molecule has 0 bridgehead atoms. The molecule has 2 amide bonds. The Morgan fingerprint density at radius 1 is 0.914 bits per heavy atom. The minimum absolute atomic E-state index is 0.139. The highest BCUT2D eigenvalue weighted by Gasteiger charge is 2.31. The van der Waals surface area contributed by atoms with Crippen molar-refractivity contribution in [2.24, 2.45) is 5.11 Å². The smallest absolute Gasteiger partial charge is 0.246 e. The largest absolute Gasteiger partial charge is 0.283 e. The van der Waals surface area contributed by atoms with Gasteiger partial charge in [0.1, 0.15) is 0 Å². The fraction of sp³-hybridized carbons (Fsp3) is 0.500.